The van der Waals surface area contributed by atoms with Crippen LogP contribution < -0.4 is 5.32 Å². The van der Waals surface area contributed by atoms with Crippen LogP contribution in [0.4, 0.5) is 5.69 Å². The molecule has 3 aromatic rings. The molecule has 3 rings (SSSR count). The third kappa shape index (κ3) is 3.56. The Labute approximate surface area is 151 Å². The van der Waals surface area contributed by atoms with Crippen LogP contribution in [0, 0.1) is 18.6 Å². The van der Waals surface area contributed by atoms with Gasteiger partial charge in [0.25, 0.3) is 0 Å². The number of aryl methyl sites for hydroxylation is 3. The van der Waals surface area contributed by atoms with Crippen LogP contribution in [0.15, 0.2) is 42.7 Å². The van der Waals surface area contributed by atoms with E-state index in [1.54, 1.807) is 4.68 Å². The third-order valence-corrected chi connectivity index (χ3v) is 4.36. The summed E-state index contributed by atoms with van der Waals surface area (Å²) < 4.78 is 5.76. The summed E-state index contributed by atoms with van der Waals surface area (Å²) in [4.78, 5) is 12.5. The smallest absolute Gasteiger partial charge is 0.246 e. The molecule has 0 saturated carbocycles. The molecule has 0 unspecified atom stereocenters. The van der Waals surface area contributed by atoms with Gasteiger partial charge in [-0.05, 0) is 55.4 Å². The van der Waals surface area contributed by atoms with Crippen LogP contribution >= 0.6 is 12.2 Å². The second kappa shape index (κ2) is 7.06. The SMILES string of the molecule is CCc1nn(CC(=O)Nc2cc(C)ccc2C)c(=S)n1-n1cccc1. The summed E-state index contributed by atoms with van der Waals surface area (Å²) >= 11 is 5.52. The topological polar surface area (TPSA) is 56.8 Å². The number of nitrogens with zero attached hydrogens (tertiary/aromatic N) is 4. The zero-order valence-corrected chi connectivity index (χ0v) is 15.4. The lowest BCUT2D eigenvalue weighted by Crippen LogP contribution is -2.20. The average Bonchev–Trinajstić information content (AvgIpc) is 3.19. The minimum Gasteiger partial charge on any atom is -0.324 e. The minimum atomic E-state index is -0.149. The van der Waals surface area contributed by atoms with Crippen molar-refractivity contribution in [1.29, 1.82) is 0 Å². The van der Waals surface area contributed by atoms with E-state index in [9.17, 15) is 4.79 Å². The van der Waals surface area contributed by atoms with E-state index in [0.29, 0.717) is 11.2 Å². The molecule has 1 aromatic carbocycles. The molecule has 0 radical (unpaired) electrons. The van der Waals surface area contributed by atoms with Gasteiger partial charge in [-0.1, -0.05) is 19.1 Å². The zero-order valence-electron chi connectivity index (χ0n) is 14.6. The summed E-state index contributed by atoms with van der Waals surface area (Å²) in [5.74, 6) is 0.658. The molecule has 2 aromatic heterocycles. The first-order valence-corrected chi connectivity index (χ1v) is 8.60. The Morgan fingerprint density at radius 2 is 1.96 bits per heavy atom. The molecular weight excluding hydrogens is 334 g/mol. The first-order chi connectivity index (χ1) is 12.0. The third-order valence-electron chi connectivity index (χ3n) is 3.98. The highest BCUT2D eigenvalue weighted by molar-refractivity contribution is 7.71. The predicted molar refractivity (Wildman–Crippen MR) is 100 cm³/mol. The number of anilines is 1. The number of nitrogens with one attached hydrogen (secondary N) is 1. The highest BCUT2D eigenvalue weighted by Gasteiger charge is 2.13. The molecule has 0 fully saturated rings. The fraction of sp³-hybridized carbons (Fsp3) is 0.278. The Kier molecular flexibility index (Phi) is 4.85. The number of rotatable bonds is 5. The van der Waals surface area contributed by atoms with E-state index in [-0.39, 0.29) is 12.5 Å². The molecule has 0 bridgehead atoms. The van der Waals surface area contributed by atoms with Crippen molar-refractivity contribution in [3.8, 4) is 0 Å². The van der Waals surface area contributed by atoms with Gasteiger partial charge in [0, 0.05) is 24.5 Å². The lowest BCUT2D eigenvalue weighted by Gasteiger charge is -2.09. The Balaban J connectivity index is 1.85. The number of amides is 1. The quantitative estimate of drug-likeness (QED) is 0.714. The van der Waals surface area contributed by atoms with Crippen molar-refractivity contribution < 1.29 is 4.79 Å². The predicted octanol–water partition coefficient (Wildman–Crippen LogP) is 3.34. The fourth-order valence-corrected chi connectivity index (χ4v) is 2.96. The van der Waals surface area contributed by atoms with Gasteiger partial charge in [0.1, 0.15) is 6.54 Å². The summed E-state index contributed by atoms with van der Waals surface area (Å²) in [6, 6.07) is 9.82. The van der Waals surface area contributed by atoms with Gasteiger partial charge in [0.05, 0.1) is 0 Å². The summed E-state index contributed by atoms with van der Waals surface area (Å²) in [5.41, 5.74) is 2.94. The van der Waals surface area contributed by atoms with Gasteiger partial charge in [-0.15, -0.1) is 0 Å². The monoisotopic (exact) mass is 355 g/mol. The number of aromatic nitrogens is 4. The highest BCUT2D eigenvalue weighted by atomic mass is 32.1. The van der Waals surface area contributed by atoms with E-state index < -0.39 is 0 Å². The van der Waals surface area contributed by atoms with Gasteiger partial charge in [-0.2, -0.15) is 5.10 Å². The van der Waals surface area contributed by atoms with Crippen LogP contribution in [0.3, 0.4) is 0 Å². The van der Waals surface area contributed by atoms with E-state index in [2.05, 4.69) is 10.4 Å². The maximum Gasteiger partial charge on any atom is 0.246 e. The Morgan fingerprint density at radius 1 is 1.24 bits per heavy atom. The second-order valence-corrected chi connectivity index (χ2v) is 6.32. The molecule has 0 aliphatic rings. The molecule has 0 spiro atoms. The Bertz CT molecular complexity index is 953. The van der Waals surface area contributed by atoms with Crippen LogP contribution in [-0.2, 0) is 17.8 Å². The maximum atomic E-state index is 12.5. The molecule has 0 aliphatic heterocycles. The second-order valence-electron chi connectivity index (χ2n) is 5.95. The molecule has 25 heavy (non-hydrogen) atoms. The summed E-state index contributed by atoms with van der Waals surface area (Å²) in [6.07, 6.45) is 4.52. The van der Waals surface area contributed by atoms with Crippen molar-refractivity contribution in [2.24, 2.45) is 0 Å². The molecule has 130 valence electrons. The van der Waals surface area contributed by atoms with Gasteiger partial charge >= 0.3 is 0 Å². The minimum absolute atomic E-state index is 0.0769. The van der Waals surface area contributed by atoms with E-state index in [1.807, 2.05) is 72.8 Å². The molecular formula is C18H21N5OS. The van der Waals surface area contributed by atoms with Crippen molar-refractivity contribution in [3.05, 3.63) is 64.4 Å². The Morgan fingerprint density at radius 3 is 2.64 bits per heavy atom. The van der Waals surface area contributed by atoms with Crippen molar-refractivity contribution in [3.63, 3.8) is 0 Å². The average molecular weight is 355 g/mol. The number of carbonyl (C=O) groups is 1. The summed E-state index contributed by atoms with van der Waals surface area (Å²) in [5, 5.41) is 7.45. The largest absolute Gasteiger partial charge is 0.324 e. The van der Waals surface area contributed by atoms with Crippen LogP contribution in [0.25, 0.3) is 0 Å². The molecule has 0 aliphatic carbocycles. The lowest BCUT2D eigenvalue weighted by atomic mass is 10.1. The molecule has 1 amide bonds. The normalized spacial score (nSPS) is 10.8. The van der Waals surface area contributed by atoms with Crippen molar-refractivity contribution in [1.82, 2.24) is 19.1 Å². The summed E-state index contributed by atoms with van der Waals surface area (Å²) in [6.45, 7) is 6.05. The van der Waals surface area contributed by atoms with Gasteiger partial charge in [-0.3, -0.25) is 9.47 Å². The van der Waals surface area contributed by atoms with Crippen molar-refractivity contribution in [2.45, 2.75) is 33.7 Å². The van der Waals surface area contributed by atoms with Crippen LogP contribution in [0.5, 0.6) is 0 Å². The molecule has 0 saturated heterocycles. The van der Waals surface area contributed by atoms with Gasteiger partial charge in [-0.25, -0.2) is 9.36 Å². The fourth-order valence-electron chi connectivity index (χ4n) is 2.65. The van der Waals surface area contributed by atoms with E-state index in [0.717, 1.165) is 22.6 Å². The zero-order chi connectivity index (χ0) is 18.0. The van der Waals surface area contributed by atoms with Gasteiger partial charge < -0.3 is 5.32 Å². The van der Waals surface area contributed by atoms with Gasteiger partial charge in [0.15, 0.2) is 5.82 Å². The molecule has 1 N–H and O–H groups in total. The van der Waals surface area contributed by atoms with Crippen LogP contribution in [-0.4, -0.2) is 25.0 Å². The Hall–Kier alpha value is -2.67. The van der Waals surface area contributed by atoms with Crippen LogP contribution in [0.1, 0.15) is 23.9 Å². The number of hydrogen-bond donors (Lipinski definition) is 1. The standard InChI is InChI=1S/C18H21N5OS/c1-4-16-20-22(18(25)23(16)21-9-5-6-10-21)12-17(24)19-15-11-13(2)7-8-14(15)3/h5-11H,4,12H2,1-3H3,(H,19,24). The highest BCUT2D eigenvalue weighted by Crippen LogP contribution is 2.16. The van der Waals surface area contributed by atoms with E-state index in [1.165, 1.54) is 0 Å². The van der Waals surface area contributed by atoms with Gasteiger partial charge in [0.2, 0.25) is 10.7 Å². The molecule has 6 nitrogen and oxygen atoms in total. The maximum absolute atomic E-state index is 12.5. The molecule has 7 heteroatoms. The van der Waals surface area contributed by atoms with Crippen molar-refractivity contribution in [2.75, 3.05) is 5.32 Å². The lowest BCUT2D eigenvalue weighted by molar-refractivity contribution is -0.116. The number of hydrogen-bond acceptors (Lipinski definition) is 3. The van der Waals surface area contributed by atoms with Crippen LogP contribution in [0.2, 0.25) is 0 Å². The van der Waals surface area contributed by atoms with E-state index in [4.69, 9.17) is 12.2 Å². The van der Waals surface area contributed by atoms with Crippen molar-refractivity contribution >= 4 is 23.8 Å². The molecule has 2 heterocycles. The first-order valence-electron chi connectivity index (χ1n) is 8.19. The summed E-state index contributed by atoms with van der Waals surface area (Å²) in [7, 11) is 0. The number of carbonyl (C=O) groups excluding carboxylic acids is 1. The number of benzene rings is 1. The van der Waals surface area contributed by atoms with E-state index >= 15 is 0 Å². The first kappa shape index (κ1) is 17.2. The molecule has 0 atom stereocenters.